The van der Waals surface area contributed by atoms with Crippen LogP contribution in [0.2, 0.25) is 0 Å². The number of unbranched alkanes of at least 4 members (excludes halogenated alkanes) is 3. The molecule has 0 fully saturated rings. The van der Waals surface area contributed by atoms with Gasteiger partial charge in [-0.1, -0.05) is 46.5 Å². The van der Waals surface area contributed by atoms with Gasteiger partial charge in [0.2, 0.25) is 0 Å². The largest absolute Gasteiger partial charge is 0.450 e. The fraction of sp³-hybridized carbons (Fsp3) is 0.826. The van der Waals surface area contributed by atoms with Crippen molar-refractivity contribution < 1.29 is 33.3 Å². The number of carbonyl (C=O) groups excluding carboxylic acids is 2. The zero-order valence-electron chi connectivity index (χ0n) is 20.7. The van der Waals surface area contributed by atoms with Crippen LogP contribution < -0.4 is 5.32 Å². The Kier molecular flexibility index (Phi) is 15.2. The van der Waals surface area contributed by atoms with Crippen LogP contribution in [0.3, 0.4) is 0 Å². The molecule has 0 aromatic rings. The molecule has 0 spiro atoms. The fourth-order valence-corrected chi connectivity index (χ4v) is 3.29. The molecular weight excluding hydrogens is 402 g/mol. The van der Waals surface area contributed by atoms with Crippen molar-refractivity contribution in [2.75, 3.05) is 26.4 Å². The molecule has 182 valence electrons. The van der Waals surface area contributed by atoms with Crippen LogP contribution in [-0.4, -0.2) is 50.5 Å². The van der Waals surface area contributed by atoms with Crippen LogP contribution in [0.4, 0.5) is 4.79 Å². The number of imide groups is 1. The second-order valence-corrected chi connectivity index (χ2v) is 7.09. The van der Waals surface area contributed by atoms with E-state index in [4.69, 9.17) is 23.7 Å². The quantitative estimate of drug-likeness (QED) is 0.356. The third-order valence-corrected chi connectivity index (χ3v) is 4.70. The molecule has 2 atom stereocenters. The van der Waals surface area contributed by atoms with E-state index >= 15 is 0 Å². The monoisotopic (exact) mass is 445 g/mol. The predicted octanol–water partition coefficient (Wildman–Crippen LogP) is 4.92. The first-order valence-electron chi connectivity index (χ1n) is 11.5. The van der Waals surface area contributed by atoms with Crippen molar-refractivity contribution in [3.63, 3.8) is 0 Å². The van der Waals surface area contributed by atoms with E-state index < -0.39 is 30.0 Å². The molecule has 1 aliphatic rings. The van der Waals surface area contributed by atoms with Crippen LogP contribution in [-0.2, 0) is 28.5 Å². The normalized spacial score (nSPS) is 19.7. The van der Waals surface area contributed by atoms with E-state index in [-0.39, 0.29) is 17.9 Å². The van der Waals surface area contributed by atoms with Crippen molar-refractivity contribution in [2.45, 2.75) is 93.2 Å². The lowest BCUT2D eigenvalue weighted by Gasteiger charge is -2.45. The SMILES string of the molecule is CCCCCC.CCOC(=O)NC(=O)C1=C(C)OC(OCC)(OCC)[C@@H](C)[C@@H]1OCC. The second kappa shape index (κ2) is 16.1. The van der Waals surface area contributed by atoms with Gasteiger partial charge in [0, 0.05) is 6.61 Å². The summed E-state index contributed by atoms with van der Waals surface area (Å²) in [7, 11) is 0. The van der Waals surface area contributed by atoms with Crippen molar-refractivity contribution in [3.05, 3.63) is 11.3 Å². The predicted molar refractivity (Wildman–Crippen MR) is 119 cm³/mol. The molecule has 0 radical (unpaired) electrons. The molecule has 0 aliphatic carbocycles. The first-order valence-corrected chi connectivity index (χ1v) is 11.5. The van der Waals surface area contributed by atoms with Crippen LogP contribution in [0.15, 0.2) is 11.3 Å². The average Bonchev–Trinajstić information content (AvgIpc) is 2.71. The van der Waals surface area contributed by atoms with E-state index in [0.29, 0.717) is 19.8 Å². The molecule has 1 aliphatic heterocycles. The number of hydrogen-bond donors (Lipinski definition) is 1. The van der Waals surface area contributed by atoms with Crippen LogP contribution in [0.5, 0.6) is 0 Å². The molecule has 8 nitrogen and oxygen atoms in total. The highest BCUT2D eigenvalue weighted by Gasteiger charge is 2.52. The maximum atomic E-state index is 12.5. The van der Waals surface area contributed by atoms with Crippen molar-refractivity contribution in [1.29, 1.82) is 0 Å². The highest BCUT2D eigenvalue weighted by atomic mass is 16.9. The molecule has 0 aromatic carbocycles. The van der Waals surface area contributed by atoms with Gasteiger partial charge in [-0.3, -0.25) is 10.1 Å². The fourth-order valence-electron chi connectivity index (χ4n) is 3.29. The lowest BCUT2D eigenvalue weighted by atomic mass is 9.90. The van der Waals surface area contributed by atoms with Gasteiger partial charge in [0.1, 0.15) is 11.9 Å². The first-order chi connectivity index (χ1) is 14.8. The summed E-state index contributed by atoms with van der Waals surface area (Å²) in [6.45, 7) is 16.3. The minimum atomic E-state index is -1.35. The van der Waals surface area contributed by atoms with Crippen molar-refractivity contribution in [3.8, 4) is 0 Å². The minimum Gasteiger partial charge on any atom is -0.450 e. The van der Waals surface area contributed by atoms with Gasteiger partial charge in [-0.15, -0.1) is 0 Å². The van der Waals surface area contributed by atoms with Crippen molar-refractivity contribution >= 4 is 12.0 Å². The van der Waals surface area contributed by atoms with Gasteiger partial charge in [-0.05, 0) is 34.6 Å². The lowest BCUT2D eigenvalue weighted by molar-refractivity contribution is -0.401. The summed E-state index contributed by atoms with van der Waals surface area (Å²) in [5, 5.41) is 2.18. The number of carbonyl (C=O) groups is 2. The third kappa shape index (κ3) is 9.17. The molecule has 1 N–H and O–H groups in total. The minimum absolute atomic E-state index is 0.163. The van der Waals surface area contributed by atoms with E-state index in [1.54, 1.807) is 13.8 Å². The highest BCUT2D eigenvalue weighted by molar-refractivity contribution is 6.03. The van der Waals surface area contributed by atoms with Crippen LogP contribution >= 0.6 is 0 Å². The third-order valence-electron chi connectivity index (χ3n) is 4.70. The zero-order chi connectivity index (χ0) is 23.9. The molecule has 0 unspecified atom stereocenters. The Labute approximate surface area is 188 Å². The van der Waals surface area contributed by atoms with Gasteiger partial charge >= 0.3 is 12.1 Å². The van der Waals surface area contributed by atoms with Crippen LogP contribution in [0.25, 0.3) is 0 Å². The Morgan fingerprint density at radius 2 is 1.48 bits per heavy atom. The molecule has 0 bridgehead atoms. The summed E-state index contributed by atoms with van der Waals surface area (Å²) in [6, 6.07) is 0. The lowest BCUT2D eigenvalue weighted by Crippen LogP contribution is -2.55. The molecule has 0 saturated heterocycles. The molecule has 31 heavy (non-hydrogen) atoms. The Morgan fingerprint density at radius 1 is 0.935 bits per heavy atom. The molecular formula is C23H43NO7. The summed E-state index contributed by atoms with van der Waals surface area (Å²) in [5.41, 5.74) is 0.220. The Morgan fingerprint density at radius 3 is 1.90 bits per heavy atom. The van der Waals surface area contributed by atoms with E-state index in [9.17, 15) is 9.59 Å². The van der Waals surface area contributed by atoms with Crippen molar-refractivity contribution in [1.82, 2.24) is 5.32 Å². The summed E-state index contributed by atoms with van der Waals surface area (Å²) >= 11 is 0. The summed E-state index contributed by atoms with van der Waals surface area (Å²) in [6.07, 6.45) is 4.06. The van der Waals surface area contributed by atoms with Gasteiger partial charge in [0.25, 0.3) is 5.91 Å². The van der Waals surface area contributed by atoms with Gasteiger partial charge in [-0.25, -0.2) is 4.79 Å². The maximum Gasteiger partial charge on any atom is 0.414 e. The summed E-state index contributed by atoms with van der Waals surface area (Å²) in [5.74, 6) is -2.14. The standard InChI is InChI=1S/C17H29NO7.C6H14/c1-7-21-14-11(5)17(23-9-3,24-10-4)25-12(6)13(14)15(19)18-16(20)22-8-2;1-3-5-6-4-2/h11,14H,7-10H2,1-6H3,(H,18,19,20);3-6H2,1-2H3/t11-,14-;/m0./s1. The van der Waals surface area contributed by atoms with E-state index in [1.807, 2.05) is 27.7 Å². The van der Waals surface area contributed by atoms with Crippen molar-refractivity contribution in [2.24, 2.45) is 5.92 Å². The highest BCUT2D eigenvalue weighted by Crippen LogP contribution is 2.40. The first kappa shape index (κ1) is 29.4. The van der Waals surface area contributed by atoms with E-state index in [0.717, 1.165) is 0 Å². The Balaban J connectivity index is 0.00000131. The van der Waals surface area contributed by atoms with Gasteiger partial charge in [0.15, 0.2) is 0 Å². The van der Waals surface area contributed by atoms with E-state index in [1.165, 1.54) is 25.7 Å². The molecule has 8 heteroatoms. The van der Waals surface area contributed by atoms with E-state index in [2.05, 4.69) is 19.2 Å². The Hall–Kier alpha value is -1.64. The molecule has 2 amide bonds. The number of ether oxygens (including phenoxy) is 5. The number of hydrogen-bond acceptors (Lipinski definition) is 7. The Bertz CT molecular complexity index is 552. The van der Waals surface area contributed by atoms with Crippen LogP contribution in [0.1, 0.15) is 81.1 Å². The average molecular weight is 446 g/mol. The smallest absolute Gasteiger partial charge is 0.414 e. The van der Waals surface area contributed by atoms with Crippen LogP contribution in [0, 0.1) is 5.92 Å². The van der Waals surface area contributed by atoms with Gasteiger partial charge < -0.3 is 23.7 Å². The molecule has 1 rings (SSSR count). The molecule has 0 saturated carbocycles. The topological polar surface area (TPSA) is 92.3 Å². The number of alkyl carbamates (subject to hydrolysis) is 1. The van der Waals surface area contributed by atoms with Gasteiger partial charge in [0.05, 0.1) is 31.3 Å². The number of nitrogens with one attached hydrogen (secondary N) is 1. The molecule has 1 heterocycles. The number of rotatable bonds is 11. The zero-order valence-corrected chi connectivity index (χ0v) is 20.7. The molecule has 0 aromatic heterocycles. The second-order valence-electron chi connectivity index (χ2n) is 7.09. The number of amides is 2. The number of allylic oxidation sites excluding steroid dienone is 1. The summed E-state index contributed by atoms with van der Waals surface area (Å²) < 4.78 is 27.9. The van der Waals surface area contributed by atoms with Gasteiger partial charge in [-0.2, -0.15) is 0 Å². The maximum absolute atomic E-state index is 12.5. The summed E-state index contributed by atoms with van der Waals surface area (Å²) in [4.78, 5) is 24.1.